The summed E-state index contributed by atoms with van der Waals surface area (Å²) in [4.78, 5) is 27.4. The van der Waals surface area contributed by atoms with Gasteiger partial charge in [0.05, 0.1) is 12.0 Å². The van der Waals surface area contributed by atoms with Crippen molar-refractivity contribution < 1.29 is 9.59 Å². The van der Waals surface area contributed by atoms with Crippen LogP contribution in [0.15, 0.2) is 78.9 Å². The van der Waals surface area contributed by atoms with Crippen LogP contribution >= 0.6 is 11.6 Å². The van der Waals surface area contributed by atoms with Crippen molar-refractivity contribution in [2.75, 3.05) is 11.4 Å². The van der Waals surface area contributed by atoms with Crippen LogP contribution in [0.2, 0.25) is 5.02 Å². The number of anilines is 1. The quantitative estimate of drug-likeness (QED) is 0.640. The molecule has 0 aromatic heterocycles. The molecular formula is C25H23ClN2O2. The zero-order chi connectivity index (χ0) is 21.1. The van der Waals surface area contributed by atoms with Gasteiger partial charge in [0.1, 0.15) is 0 Å². The number of nitrogens with zero attached hydrogens (tertiary/aromatic N) is 1. The van der Waals surface area contributed by atoms with Gasteiger partial charge in [0.15, 0.2) is 0 Å². The number of halogens is 1. The van der Waals surface area contributed by atoms with E-state index in [1.165, 1.54) is 0 Å². The van der Waals surface area contributed by atoms with Crippen molar-refractivity contribution in [1.29, 1.82) is 0 Å². The van der Waals surface area contributed by atoms with Gasteiger partial charge in [0.25, 0.3) is 0 Å². The average molecular weight is 419 g/mol. The first-order chi connectivity index (χ1) is 14.5. The van der Waals surface area contributed by atoms with Gasteiger partial charge in [-0.05, 0) is 35.7 Å². The zero-order valence-electron chi connectivity index (χ0n) is 16.7. The van der Waals surface area contributed by atoms with Crippen molar-refractivity contribution in [3.63, 3.8) is 0 Å². The third kappa shape index (κ3) is 4.24. The molecule has 0 bridgehead atoms. The second-order valence-corrected chi connectivity index (χ2v) is 8.01. The number of benzene rings is 3. The molecule has 1 fully saturated rings. The molecule has 1 unspecified atom stereocenters. The van der Waals surface area contributed by atoms with Gasteiger partial charge in [-0.25, -0.2) is 0 Å². The molecule has 3 aromatic carbocycles. The van der Waals surface area contributed by atoms with Crippen LogP contribution in [0.1, 0.15) is 29.2 Å². The van der Waals surface area contributed by atoms with Crippen molar-refractivity contribution in [1.82, 2.24) is 5.32 Å². The lowest BCUT2D eigenvalue weighted by atomic mass is 9.97. The summed E-state index contributed by atoms with van der Waals surface area (Å²) >= 11 is 6.23. The van der Waals surface area contributed by atoms with Crippen molar-refractivity contribution >= 4 is 29.1 Å². The van der Waals surface area contributed by atoms with E-state index in [9.17, 15) is 9.59 Å². The Morgan fingerprint density at radius 2 is 1.60 bits per heavy atom. The lowest BCUT2D eigenvalue weighted by Crippen LogP contribution is -2.36. The number of hydrogen-bond donors (Lipinski definition) is 1. The SMILES string of the molecule is Cc1ccc(N2CC(C(=O)NC(c3ccccc3)c3ccccc3)CC2=O)cc1Cl. The summed E-state index contributed by atoms with van der Waals surface area (Å²) in [7, 11) is 0. The van der Waals surface area contributed by atoms with Gasteiger partial charge >= 0.3 is 0 Å². The molecule has 30 heavy (non-hydrogen) atoms. The minimum absolute atomic E-state index is 0.0639. The average Bonchev–Trinajstić information content (AvgIpc) is 3.17. The summed E-state index contributed by atoms with van der Waals surface area (Å²) in [5, 5.41) is 3.77. The summed E-state index contributed by atoms with van der Waals surface area (Å²) in [5.41, 5.74) is 3.69. The second kappa shape index (κ2) is 8.72. The highest BCUT2D eigenvalue weighted by atomic mass is 35.5. The van der Waals surface area contributed by atoms with Gasteiger partial charge in [-0.1, -0.05) is 78.3 Å². The molecule has 1 atom stereocenters. The number of nitrogens with one attached hydrogen (secondary N) is 1. The lowest BCUT2D eigenvalue weighted by molar-refractivity contribution is -0.126. The molecule has 4 nitrogen and oxygen atoms in total. The maximum absolute atomic E-state index is 13.1. The third-order valence-electron chi connectivity index (χ3n) is 5.52. The number of amides is 2. The predicted molar refractivity (Wildman–Crippen MR) is 120 cm³/mol. The van der Waals surface area contributed by atoms with E-state index in [2.05, 4.69) is 5.32 Å². The Hall–Kier alpha value is -3.11. The van der Waals surface area contributed by atoms with Crippen LogP contribution in [-0.4, -0.2) is 18.4 Å². The smallest absolute Gasteiger partial charge is 0.227 e. The van der Waals surface area contributed by atoms with Gasteiger partial charge in [0, 0.05) is 23.7 Å². The summed E-state index contributed by atoms with van der Waals surface area (Å²) in [6.07, 6.45) is 0.188. The maximum Gasteiger partial charge on any atom is 0.227 e. The predicted octanol–water partition coefficient (Wildman–Crippen LogP) is 4.91. The van der Waals surface area contributed by atoms with Crippen LogP contribution in [0, 0.1) is 12.8 Å². The van der Waals surface area contributed by atoms with E-state index in [4.69, 9.17) is 11.6 Å². The molecule has 0 aliphatic carbocycles. The van der Waals surface area contributed by atoms with E-state index in [1.807, 2.05) is 79.7 Å². The minimum Gasteiger partial charge on any atom is -0.345 e. The Bertz CT molecular complexity index is 1010. The van der Waals surface area contributed by atoms with Crippen LogP contribution in [-0.2, 0) is 9.59 Å². The van der Waals surface area contributed by atoms with Gasteiger partial charge in [0.2, 0.25) is 11.8 Å². The van der Waals surface area contributed by atoms with Crippen molar-refractivity contribution in [2.45, 2.75) is 19.4 Å². The van der Waals surface area contributed by atoms with Crippen molar-refractivity contribution in [3.05, 3.63) is 101 Å². The molecule has 1 aliphatic heterocycles. The van der Waals surface area contributed by atoms with Gasteiger partial charge < -0.3 is 10.2 Å². The van der Waals surface area contributed by atoms with E-state index in [1.54, 1.807) is 11.0 Å². The van der Waals surface area contributed by atoms with Crippen LogP contribution in [0.5, 0.6) is 0 Å². The second-order valence-electron chi connectivity index (χ2n) is 7.60. The number of rotatable bonds is 5. The normalized spacial score (nSPS) is 16.2. The fourth-order valence-corrected chi connectivity index (χ4v) is 3.97. The first kappa shape index (κ1) is 20.2. The monoisotopic (exact) mass is 418 g/mol. The Balaban J connectivity index is 1.53. The van der Waals surface area contributed by atoms with Crippen LogP contribution in [0.3, 0.4) is 0 Å². The van der Waals surface area contributed by atoms with Gasteiger partial charge in [-0.2, -0.15) is 0 Å². The minimum atomic E-state index is -0.410. The van der Waals surface area contributed by atoms with Crippen LogP contribution in [0.4, 0.5) is 5.69 Å². The molecule has 2 amide bonds. The van der Waals surface area contributed by atoms with Crippen molar-refractivity contribution in [3.8, 4) is 0 Å². The molecule has 5 heteroatoms. The lowest BCUT2D eigenvalue weighted by Gasteiger charge is -2.22. The Morgan fingerprint density at radius 1 is 1.00 bits per heavy atom. The largest absolute Gasteiger partial charge is 0.345 e. The fourth-order valence-electron chi connectivity index (χ4n) is 3.79. The summed E-state index contributed by atoms with van der Waals surface area (Å²) < 4.78 is 0. The number of aryl methyl sites for hydroxylation is 1. The third-order valence-corrected chi connectivity index (χ3v) is 5.92. The van der Waals surface area contributed by atoms with Gasteiger partial charge in [-0.15, -0.1) is 0 Å². The summed E-state index contributed by atoms with van der Waals surface area (Å²) in [6, 6.07) is 25.0. The molecule has 1 aliphatic rings. The molecule has 1 N–H and O–H groups in total. The molecule has 1 heterocycles. The summed E-state index contributed by atoms with van der Waals surface area (Å²) in [6.45, 7) is 2.27. The van der Waals surface area contributed by atoms with Crippen LogP contribution in [0.25, 0.3) is 0 Å². The highest BCUT2D eigenvalue weighted by Gasteiger charge is 2.36. The fraction of sp³-hybridized carbons (Fsp3) is 0.200. The van der Waals surface area contributed by atoms with Crippen molar-refractivity contribution in [2.24, 2.45) is 5.92 Å². The van der Waals surface area contributed by atoms with Crippen LogP contribution < -0.4 is 10.2 Å². The molecule has 152 valence electrons. The van der Waals surface area contributed by atoms with Gasteiger partial charge in [-0.3, -0.25) is 9.59 Å². The molecule has 0 saturated carbocycles. The Morgan fingerprint density at radius 3 is 2.17 bits per heavy atom. The van der Waals surface area contributed by atoms with E-state index in [-0.39, 0.29) is 24.3 Å². The maximum atomic E-state index is 13.1. The topological polar surface area (TPSA) is 49.4 Å². The van der Waals surface area contributed by atoms with E-state index < -0.39 is 5.92 Å². The van der Waals surface area contributed by atoms with E-state index in [0.29, 0.717) is 11.6 Å². The van der Waals surface area contributed by atoms with E-state index in [0.717, 1.165) is 22.4 Å². The molecule has 3 aromatic rings. The molecule has 0 spiro atoms. The molecular weight excluding hydrogens is 396 g/mol. The first-order valence-electron chi connectivity index (χ1n) is 9.99. The molecule has 4 rings (SSSR count). The Labute approximate surface area is 181 Å². The number of hydrogen-bond acceptors (Lipinski definition) is 2. The standard InChI is InChI=1S/C25H23ClN2O2/c1-17-12-13-21(15-22(17)26)28-16-20(14-23(28)29)25(30)27-24(18-8-4-2-5-9-18)19-10-6-3-7-11-19/h2-13,15,20,24H,14,16H2,1H3,(H,27,30). The molecule has 0 radical (unpaired) electrons. The first-order valence-corrected chi connectivity index (χ1v) is 10.4. The number of carbonyl (C=O) groups excluding carboxylic acids is 2. The highest BCUT2D eigenvalue weighted by molar-refractivity contribution is 6.31. The number of carbonyl (C=O) groups is 2. The Kier molecular flexibility index (Phi) is 5.86. The highest BCUT2D eigenvalue weighted by Crippen LogP contribution is 2.30. The zero-order valence-corrected chi connectivity index (χ0v) is 17.5. The summed E-state index contributed by atoms with van der Waals surface area (Å²) in [5.74, 6) is -0.597. The van der Waals surface area contributed by atoms with E-state index >= 15 is 0 Å². The molecule has 1 saturated heterocycles.